The van der Waals surface area contributed by atoms with Gasteiger partial charge in [-0.05, 0) is 23.3 Å². The number of nitrogens with one attached hydrogen (secondary N) is 1. The average molecular weight is 483 g/mol. The van der Waals surface area contributed by atoms with E-state index < -0.39 is 41.2 Å². The highest BCUT2D eigenvalue weighted by atomic mass is 16.5. The average Bonchev–Trinajstić information content (AvgIpc) is 3.38. The molecule has 5 rings (SSSR count). The van der Waals surface area contributed by atoms with E-state index in [4.69, 9.17) is 4.74 Å². The van der Waals surface area contributed by atoms with Crippen LogP contribution in [0.1, 0.15) is 11.1 Å². The number of anilines is 1. The Hall–Kier alpha value is -4.07. The van der Waals surface area contributed by atoms with Crippen molar-refractivity contribution < 1.29 is 24.2 Å². The largest absolute Gasteiger partial charge is 0.480 e. The van der Waals surface area contributed by atoms with E-state index in [2.05, 4.69) is 5.32 Å². The van der Waals surface area contributed by atoms with Gasteiger partial charge in [0.2, 0.25) is 11.8 Å². The van der Waals surface area contributed by atoms with Gasteiger partial charge in [-0.25, -0.2) is 4.90 Å². The maximum absolute atomic E-state index is 13.7. The Kier molecular flexibility index (Phi) is 6.50. The zero-order valence-electron chi connectivity index (χ0n) is 19.5. The third kappa shape index (κ3) is 4.23. The quantitative estimate of drug-likeness (QED) is 0.477. The second kappa shape index (κ2) is 9.89. The lowest BCUT2D eigenvalue weighted by molar-refractivity contribution is -0.152. The van der Waals surface area contributed by atoms with Crippen LogP contribution in [0.25, 0.3) is 6.08 Å². The summed E-state index contributed by atoms with van der Waals surface area (Å²) < 4.78 is 5.86. The number of carboxylic acid groups (broad SMARTS) is 1. The van der Waals surface area contributed by atoms with Gasteiger partial charge in [0.15, 0.2) is 5.54 Å². The number of carboxylic acids is 1. The van der Waals surface area contributed by atoms with Crippen LogP contribution in [0, 0.1) is 11.8 Å². The highest BCUT2D eigenvalue weighted by Crippen LogP contribution is 2.45. The summed E-state index contributed by atoms with van der Waals surface area (Å²) in [4.78, 5) is 41.2. The Morgan fingerprint density at radius 3 is 2.17 bits per heavy atom. The molecule has 7 nitrogen and oxygen atoms in total. The minimum Gasteiger partial charge on any atom is -0.480 e. The van der Waals surface area contributed by atoms with E-state index in [1.807, 2.05) is 66.7 Å². The normalized spacial score (nSPS) is 25.4. The van der Waals surface area contributed by atoms with Crippen molar-refractivity contribution in [3.05, 3.63) is 108 Å². The number of fused-ring (bicyclic) bond motifs is 1. The number of para-hydroxylation sites is 1. The van der Waals surface area contributed by atoms with Crippen LogP contribution in [0.4, 0.5) is 5.69 Å². The highest BCUT2D eigenvalue weighted by Gasteiger charge is 2.68. The minimum absolute atomic E-state index is 0.185. The zero-order chi connectivity index (χ0) is 25.1. The maximum Gasteiger partial charge on any atom is 0.327 e. The number of hydrogen-bond acceptors (Lipinski definition) is 5. The summed E-state index contributed by atoms with van der Waals surface area (Å²) in [5.74, 6) is -4.18. The van der Waals surface area contributed by atoms with Crippen molar-refractivity contribution in [3.8, 4) is 0 Å². The van der Waals surface area contributed by atoms with Gasteiger partial charge in [-0.2, -0.15) is 0 Å². The van der Waals surface area contributed by atoms with Crippen molar-refractivity contribution in [2.24, 2.45) is 11.8 Å². The second-order valence-electron chi connectivity index (χ2n) is 9.05. The first-order valence-electron chi connectivity index (χ1n) is 11.8. The first kappa shape index (κ1) is 23.7. The molecule has 0 saturated carbocycles. The topological polar surface area (TPSA) is 95.9 Å². The molecule has 2 N–H and O–H groups in total. The second-order valence-corrected chi connectivity index (χ2v) is 9.05. The molecule has 2 saturated heterocycles. The summed E-state index contributed by atoms with van der Waals surface area (Å²) in [6.45, 7) is -0.0836. The van der Waals surface area contributed by atoms with Gasteiger partial charge in [-0.15, -0.1) is 0 Å². The Labute approximate surface area is 209 Å². The van der Waals surface area contributed by atoms with E-state index >= 15 is 0 Å². The summed E-state index contributed by atoms with van der Waals surface area (Å²) >= 11 is 0. The van der Waals surface area contributed by atoms with Crippen LogP contribution in [0.15, 0.2) is 97.1 Å². The monoisotopic (exact) mass is 482 g/mol. The molecule has 0 radical (unpaired) electrons. The predicted molar refractivity (Wildman–Crippen MR) is 135 cm³/mol. The standard InChI is InChI=1S/C29H26N2O5/c32-26-24-23(17-16-20-10-4-1-5-11-20)30-29(28(34)35,19-36-18-21-12-6-2-7-13-21)25(24)27(33)31(26)22-14-8-3-9-15-22/h1-17,23-25,30H,18-19H2,(H,34,35)/b17-16+. The van der Waals surface area contributed by atoms with Gasteiger partial charge in [-0.1, -0.05) is 91.0 Å². The highest BCUT2D eigenvalue weighted by molar-refractivity contribution is 6.24. The number of nitrogens with zero attached hydrogens (tertiary/aromatic N) is 1. The number of aliphatic carboxylic acids is 1. The molecule has 2 aliphatic rings. The summed E-state index contributed by atoms with van der Waals surface area (Å²) in [5.41, 5.74) is 0.451. The third-order valence-corrected chi connectivity index (χ3v) is 6.83. The van der Waals surface area contributed by atoms with Crippen molar-refractivity contribution >= 4 is 29.5 Å². The fraction of sp³-hybridized carbons (Fsp3) is 0.207. The molecule has 2 heterocycles. The molecule has 182 valence electrons. The molecule has 4 atom stereocenters. The Morgan fingerprint density at radius 1 is 0.917 bits per heavy atom. The molecule has 2 amide bonds. The molecule has 36 heavy (non-hydrogen) atoms. The predicted octanol–water partition coefficient (Wildman–Crippen LogP) is 3.52. The smallest absolute Gasteiger partial charge is 0.327 e. The Morgan fingerprint density at radius 2 is 1.53 bits per heavy atom. The Bertz CT molecular complexity index is 1280. The molecular formula is C29H26N2O5. The fourth-order valence-corrected chi connectivity index (χ4v) is 5.12. The number of carbonyl (C=O) groups is 3. The number of ether oxygens (including phenoxy) is 1. The number of benzene rings is 3. The Balaban J connectivity index is 1.50. The molecule has 0 aliphatic carbocycles. The molecule has 3 aromatic carbocycles. The molecule has 0 bridgehead atoms. The van der Waals surface area contributed by atoms with Crippen LogP contribution in [-0.2, 0) is 25.7 Å². The molecule has 4 unspecified atom stereocenters. The van der Waals surface area contributed by atoms with Crippen LogP contribution in [0.2, 0.25) is 0 Å². The van der Waals surface area contributed by atoms with Crippen LogP contribution >= 0.6 is 0 Å². The molecular weight excluding hydrogens is 456 g/mol. The van der Waals surface area contributed by atoms with Crippen LogP contribution < -0.4 is 10.2 Å². The minimum atomic E-state index is -1.76. The molecule has 0 spiro atoms. The van der Waals surface area contributed by atoms with E-state index in [1.165, 1.54) is 0 Å². The number of imide groups is 1. The number of carbonyl (C=O) groups excluding carboxylic acids is 2. The third-order valence-electron chi connectivity index (χ3n) is 6.83. The molecule has 0 aromatic heterocycles. The van der Waals surface area contributed by atoms with Gasteiger partial charge < -0.3 is 9.84 Å². The van der Waals surface area contributed by atoms with E-state index in [0.29, 0.717) is 5.69 Å². The van der Waals surface area contributed by atoms with E-state index in [-0.39, 0.29) is 13.2 Å². The van der Waals surface area contributed by atoms with Crippen LogP contribution in [0.3, 0.4) is 0 Å². The first-order valence-corrected chi connectivity index (χ1v) is 11.8. The van der Waals surface area contributed by atoms with Gasteiger partial charge >= 0.3 is 5.97 Å². The number of amides is 2. The lowest BCUT2D eigenvalue weighted by Gasteiger charge is -2.30. The molecule has 3 aromatic rings. The summed E-state index contributed by atoms with van der Waals surface area (Å²) in [5, 5.41) is 13.5. The summed E-state index contributed by atoms with van der Waals surface area (Å²) in [6, 6.07) is 26.8. The summed E-state index contributed by atoms with van der Waals surface area (Å²) in [6.07, 6.45) is 3.61. The van der Waals surface area contributed by atoms with Crippen molar-refractivity contribution in [1.82, 2.24) is 5.32 Å². The van der Waals surface area contributed by atoms with Gasteiger partial charge in [0.1, 0.15) is 0 Å². The van der Waals surface area contributed by atoms with Gasteiger partial charge in [-0.3, -0.25) is 19.7 Å². The van der Waals surface area contributed by atoms with Crippen molar-refractivity contribution in [2.75, 3.05) is 11.5 Å². The number of rotatable bonds is 8. The maximum atomic E-state index is 13.7. The van der Waals surface area contributed by atoms with Crippen LogP contribution in [-0.4, -0.2) is 41.1 Å². The lowest BCUT2D eigenvalue weighted by Crippen LogP contribution is -2.59. The molecule has 2 aliphatic heterocycles. The van der Waals surface area contributed by atoms with E-state index in [0.717, 1.165) is 16.0 Å². The van der Waals surface area contributed by atoms with Crippen molar-refractivity contribution in [1.29, 1.82) is 0 Å². The fourth-order valence-electron chi connectivity index (χ4n) is 5.12. The van der Waals surface area contributed by atoms with E-state index in [9.17, 15) is 19.5 Å². The summed E-state index contributed by atoms with van der Waals surface area (Å²) in [7, 11) is 0. The molecule has 2 fully saturated rings. The first-order chi connectivity index (χ1) is 17.5. The van der Waals surface area contributed by atoms with Crippen molar-refractivity contribution in [2.45, 2.75) is 18.2 Å². The number of hydrogen-bond donors (Lipinski definition) is 2. The van der Waals surface area contributed by atoms with Gasteiger partial charge in [0.25, 0.3) is 0 Å². The zero-order valence-corrected chi connectivity index (χ0v) is 19.5. The lowest BCUT2D eigenvalue weighted by atomic mass is 9.80. The molecule has 7 heteroatoms. The SMILES string of the molecule is O=C1C2C(/C=C/c3ccccc3)NC(COCc3ccccc3)(C(=O)O)C2C(=O)N1c1ccccc1. The van der Waals surface area contributed by atoms with Gasteiger partial charge in [0.05, 0.1) is 30.7 Å². The van der Waals surface area contributed by atoms with Crippen molar-refractivity contribution in [3.63, 3.8) is 0 Å². The van der Waals surface area contributed by atoms with Gasteiger partial charge in [0, 0.05) is 6.04 Å². The van der Waals surface area contributed by atoms with Crippen LogP contribution in [0.5, 0.6) is 0 Å². The van der Waals surface area contributed by atoms with E-state index in [1.54, 1.807) is 36.4 Å².